The third-order valence-corrected chi connectivity index (χ3v) is 5.70. The lowest BCUT2D eigenvalue weighted by atomic mass is 9.94. The van der Waals surface area contributed by atoms with Crippen molar-refractivity contribution < 1.29 is 8.42 Å². The van der Waals surface area contributed by atoms with Crippen LogP contribution in [0.5, 0.6) is 0 Å². The molecule has 1 aliphatic heterocycles. The van der Waals surface area contributed by atoms with Crippen molar-refractivity contribution in [2.24, 2.45) is 11.7 Å². The Kier molecular flexibility index (Phi) is 4.76. The van der Waals surface area contributed by atoms with Crippen LogP contribution in [0, 0.1) is 5.92 Å². The van der Waals surface area contributed by atoms with Crippen molar-refractivity contribution in [1.29, 1.82) is 0 Å². The Hall–Kier alpha value is -0.130. The van der Waals surface area contributed by atoms with Gasteiger partial charge in [-0.2, -0.15) is 0 Å². The summed E-state index contributed by atoms with van der Waals surface area (Å²) < 4.78 is 23.3. The number of nitrogens with two attached hydrogens (primary N) is 1. The predicted molar refractivity (Wildman–Crippen MR) is 67.1 cm³/mol. The summed E-state index contributed by atoms with van der Waals surface area (Å²) in [4.78, 5) is 2.17. The molecule has 2 N–H and O–H groups in total. The van der Waals surface area contributed by atoms with Crippen LogP contribution < -0.4 is 5.73 Å². The van der Waals surface area contributed by atoms with Crippen molar-refractivity contribution in [3.8, 4) is 0 Å². The first-order valence-electron chi connectivity index (χ1n) is 6.02. The van der Waals surface area contributed by atoms with E-state index in [1.54, 1.807) is 13.8 Å². The van der Waals surface area contributed by atoms with Crippen molar-refractivity contribution in [2.45, 2.75) is 38.5 Å². The SMILES string of the molecule is CC1CCN(CCS(=O)(=O)C(C)C)CC1N. The van der Waals surface area contributed by atoms with Gasteiger partial charge in [-0.1, -0.05) is 6.92 Å². The summed E-state index contributed by atoms with van der Waals surface area (Å²) in [5, 5.41) is -0.273. The van der Waals surface area contributed by atoms with Gasteiger partial charge in [-0.3, -0.25) is 0 Å². The smallest absolute Gasteiger partial charge is 0.153 e. The second kappa shape index (κ2) is 5.47. The minimum Gasteiger partial charge on any atom is -0.326 e. The van der Waals surface area contributed by atoms with Crippen LogP contribution in [0.15, 0.2) is 0 Å². The van der Waals surface area contributed by atoms with Gasteiger partial charge in [0.15, 0.2) is 9.84 Å². The average molecular weight is 248 g/mol. The average Bonchev–Trinajstić information content (AvgIpc) is 2.20. The fourth-order valence-electron chi connectivity index (χ4n) is 1.86. The zero-order valence-electron chi connectivity index (χ0n) is 10.5. The quantitative estimate of drug-likeness (QED) is 0.786. The van der Waals surface area contributed by atoms with Gasteiger partial charge in [0.1, 0.15) is 0 Å². The first-order chi connectivity index (χ1) is 7.33. The molecule has 0 aliphatic carbocycles. The highest BCUT2D eigenvalue weighted by atomic mass is 32.2. The fraction of sp³-hybridized carbons (Fsp3) is 1.00. The Labute approximate surface area is 99.1 Å². The summed E-state index contributed by atoms with van der Waals surface area (Å²) >= 11 is 0. The summed E-state index contributed by atoms with van der Waals surface area (Å²) in [7, 11) is -2.91. The number of piperidine rings is 1. The second-order valence-corrected chi connectivity index (χ2v) is 7.82. The highest BCUT2D eigenvalue weighted by molar-refractivity contribution is 7.92. The monoisotopic (exact) mass is 248 g/mol. The molecule has 0 spiro atoms. The van der Waals surface area contributed by atoms with Crippen LogP contribution in [0.3, 0.4) is 0 Å². The zero-order valence-corrected chi connectivity index (χ0v) is 11.3. The largest absolute Gasteiger partial charge is 0.326 e. The molecule has 0 aromatic heterocycles. The summed E-state index contributed by atoms with van der Waals surface area (Å²) in [5.74, 6) is 0.809. The van der Waals surface area contributed by atoms with Gasteiger partial charge in [-0.25, -0.2) is 8.42 Å². The maximum absolute atomic E-state index is 11.7. The maximum Gasteiger partial charge on any atom is 0.153 e. The van der Waals surface area contributed by atoms with E-state index in [-0.39, 0.29) is 17.0 Å². The molecule has 1 heterocycles. The summed E-state index contributed by atoms with van der Waals surface area (Å²) in [5.41, 5.74) is 5.98. The van der Waals surface area contributed by atoms with E-state index in [0.29, 0.717) is 12.5 Å². The van der Waals surface area contributed by atoms with Gasteiger partial charge in [0.05, 0.1) is 11.0 Å². The van der Waals surface area contributed by atoms with E-state index >= 15 is 0 Å². The number of hydrogen-bond acceptors (Lipinski definition) is 4. The summed E-state index contributed by atoms with van der Waals surface area (Å²) in [6, 6.07) is 0.190. The van der Waals surface area contributed by atoms with Gasteiger partial charge >= 0.3 is 0 Å². The number of likely N-dealkylation sites (tertiary alicyclic amines) is 1. The zero-order chi connectivity index (χ0) is 12.3. The Bertz CT molecular complexity index is 314. The Morgan fingerprint density at radius 3 is 2.56 bits per heavy atom. The molecule has 0 radical (unpaired) electrons. The van der Waals surface area contributed by atoms with Crippen molar-refractivity contribution >= 4 is 9.84 Å². The Balaban J connectivity index is 2.40. The molecule has 2 atom stereocenters. The molecule has 0 saturated carbocycles. The van der Waals surface area contributed by atoms with Crippen LogP contribution in [0.4, 0.5) is 0 Å². The molecule has 1 rings (SSSR count). The Morgan fingerprint density at radius 2 is 2.06 bits per heavy atom. The molecular weight excluding hydrogens is 224 g/mol. The number of nitrogens with zero attached hydrogens (tertiary/aromatic N) is 1. The van der Waals surface area contributed by atoms with Crippen LogP contribution >= 0.6 is 0 Å². The third-order valence-electron chi connectivity index (χ3n) is 3.51. The minimum absolute atomic E-state index is 0.190. The summed E-state index contributed by atoms with van der Waals surface area (Å²) in [6.45, 7) is 8.06. The lowest BCUT2D eigenvalue weighted by Crippen LogP contribution is -2.48. The van der Waals surface area contributed by atoms with Crippen molar-refractivity contribution in [1.82, 2.24) is 4.90 Å². The highest BCUT2D eigenvalue weighted by Crippen LogP contribution is 2.15. The first-order valence-corrected chi connectivity index (χ1v) is 7.74. The minimum atomic E-state index is -2.91. The van der Waals surface area contributed by atoms with Crippen molar-refractivity contribution in [3.05, 3.63) is 0 Å². The molecule has 16 heavy (non-hydrogen) atoms. The fourth-order valence-corrected chi connectivity index (χ4v) is 2.85. The molecule has 4 nitrogen and oxygen atoms in total. The van der Waals surface area contributed by atoms with E-state index in [0.717, 1.165) is 19.5 Å². The topological polar surface area (TPSA) is 63.4 Å². The van der Waals surface area contributed by atoms with E-state index in [2.05, 4.69) is 11.8 Å². The summed E-state index contributed by atoms with van der Waals surface area (Å²) in [6.07, 6.45) is 1.07. The van der Waals surface area contributed by atoms with E-state index in [4.69, 9.17) is 5.73 Å². The molecule has 2 unspecified atom stereocenters. The molecule has 5 heteroatoms. The van der Waals surface area contributed by atoms with Gasteiger partial charge in [-0.05, 0) is 32.7 Å². The van der Waals surface area contributed by atoms with E-state index in [1.165, 1.54) is 0 Å². The van der Waals surface area contributed by atoms with Crippen molar-refractivity contribution in [3.63, 3.8) is 0 Å². The normalized spacial score (nSPS) is 28.6. The van der Waals surface area contributed by atoms with Crippen LogP contribution in [0.25, 0.3) is 0 Å². The predicted octanol–water partition coefficient (Wildman–Crippen LogP) is 0.479. The number of hydrogen-bond donors (Lipinski definition) is 1. The van der Waals surface area contributed by atoms with E-state index in [1.807, 2.05) is 0 Å². The molecule has 1 aliphatic rings. The molecule has 0 amide bonds. The maximum atomic E-state index is 11.7. The molecule has 96 valence electrons. The van der Waals surface area contributed by atoms with Crippen LogP contribution in [-0.4, -0.2) is 50.0 Å². The van der Waals surface area contributed by atoms with Crippen LogP contribution in [0.2, 0.25) is 0 Å². The standard InChI is InChI=1S/C11H24N2O2S/c1-9(2)16(14,15)7-6-13-5-4-10(3)11(12)8-13/h9-11H,4-8,12H2,1-3H3. The van der Waals surface area contributed by atoms with E-state index < -0.39 is 9.84 Å². The van der Waals surface area contributed by atoms with Gasteiger partial charge in [-0.15, -0.1) is 0 Å². The lowest BCUT2D eigenvalue weighted by molar-refractivity contribution is 0.177. The van der Waals surface area contributed by atoms with Gasteiger partial charge in [0.25, 0.3) is 0 Å². The van der Waals surface area contributed by atoms with Gasteiger partial charge < -0.3 is 10.6 Å². The van der Waals surface area contributed by atoms with Crippen LogP contribution in [-0.2, 0) is 9.84 Å². The third kappa shape index (κ3) is 3.71. The number of rotatable bonds is 4. The first kappa shape index (κ1) is 13.9. The Morgan fingerprint density at radius 1 is 1.44 bits per heavy atom. The second-order valence-electron chi connectivity index (χ2n) is 5.15. The lowest BCUT2D eigenvalue weighted by Gasteiger charge is -2.35. The van der Waals surface area contributed by atoms with E-state index in [9.17, 15) is 8.42 Å². The van der Waals surface area contributed by atoms with Crippen molar-refractivity contribution in [2.75, 3.05) is 25.4 Å². The molecule has 0 aromatic rings. The molecule has 0 bridgehead atoms. The molecule has 1 saturated heterocycles. The molecular formula is C11H24N2O2S. The van der Waals surface area contributed by atoms with Gasteiger partial charge in [0, 0.05) is 19.1 Å². The molecule has 0 aromatic carbocycles. The van der Waals surface area contributed by atoms with Crippen LogP contribution in [0.1, 0.15) is 27.2 Å². The number of sulfone groups is 1. The van der Waals surface area contributed by atoms with Gasteiger partial charge in [0.2, 0.25) is 0 Å². The highest BCUT2D eigenvalue weighted by Gasteiger charge is 2.24. The molecule has 1 fully saturated rings.